The molecule has 0 amide bonds. The number of epoxide rings is 1. The highest BCUT2D eigenvalue weighted by molar-refractivity contribution is 6.04. The highest BCUT2D eigenvalue weighted by Crippen LogP contribution is 2.51. The highest BCUT2D eigenvalue weighted by Gasteiger charge is 2.69. The van der Waals surface area contributed by atoms with E-state index in [9.17, 15) is 30.0 Å². The van der Waals surface area contributed by atoms with Crippen LogP contribution < -0.4 is 0 Å². The lowest BCUT2D eigenvalue weighted by Crippen LogP contribution is -2.55. The van der Waals surface area contributed by atoms with Crippen molar-refractivity contribution in [2.45, 2.75) is 96.4 Å². The number of ether oxygens (including phenoxy) is 2. The number of benzene rings is 1. The van der Waals surface area contributed by atoms with Crippen molar-refractivity contribution >= 4 is 12.1 Å². The van der Waals surface area contributed by atoms with Crippen LogP contribution in [-0.4, -0.2) is 62.7 Å². The van der Waals surface area contributed by atoms with Gasteiger partial charge in [0.15, 0.2) is 24.0 Å². The Kier molecular flexibility index (Phi) is 7.84. The van der Waals surface area contributed by atoms with Gasteiger partial charge >= 0.3 is 0 Å². The number of carbonyl (C=O) groups is 2. The number of aldehydes is 1. The lowest BCUT2D eigenvalue weighted by molar-refractivity contribution is -0.239. The summed E-state index contributed by atoms with van der Waals surface area (Å²) in [6, 6.07) is 1.43. The zero-order valence-electron chi connectivity index (χ0n) is 19.8. The second-order valence-electron chi connectivity index (χ2n) is 9.70. The normalized spacial score (nSPS) is 29.9. The smallest absolute Gasteiger partial charge is 0.189 e. The molecule has 8 heteroatoms. The molecule has 2 fully saturated rings. The SMILES string of the molecule is CCC[C@@H]1O[C@]12[C@H](O)C[C@@H]([C@@H](CCC)C(=O)c1cc(CC(C)C)c(O)c(C=O)c1O)O[C@H]2O. The van der Waals surface area contributed by atoms with Crippen LogP contribution in [0.5, 0.6) is 11.5 Å². The van der Waals surface area contributed by atoms with Crippen LogP contribution in [0.4, 0.5) is 0 Å². The molecule has 2 saturated heterocycles. The summed E-state index contributed by atoms with van der Waals surface area (Å²) in [5, 5.41) is 42.5. The number of rotatable bonds is 10. The average molecular weight is 465 g/mol. The molecule has 0 bridgehead atoms. The van der Waals surface area contributed by atoms with E-state index in [-0.39, 0.29) is 35.3 Å². The molecule has 6 atom stereocenters. The fraction of sp³-hybridized carbons (Fsp3) is 0.680. The predicted octanol–water partition coefficient (Wildman–Crippen LogP) is 3.11. The lowest BCUT2D eigenvalue weighted by Gasteiger charge is -2.39. The monoisotopic (exact) mass is 464 g/mol. The Balaban J connectivity index is 1.92. The molecule has 0 saturated carbocycles. The molecule has 184 valence electrons. The van der Waals surface area contributed by atoms with Crippen LogP contribution in [0.2, 0.25) is 0 Å². The minimum absolute atomic E-state index is 0.0663. The quantitative estimate of drug-likeness (QED) is 0.235. The van der Waals surface area contributed by atoms with E-state index >= 15 is 0 Å². The van der Waals surface area contributed by atoms with Crippen LogP contribution in [0.3, 0.4) is 0 Å². The van der Waals surface area contributed by atoms with Crippen molar-refractivity contribution in [2.24, 2.45) is 11.8 Å². The minimum Gasteiger partial charge on any atom is -0.507 e. The zero-order chi connectivity index (χ0) is 24.5. The van der Waals surface area contributed by atoms with E-state index in [0.717, 1.165) is 6.42 Å². The Morgan fingerprint density at radius 2 is 1.91 bits per heavy atom. The van der Waals surface area contributed by atoms with Crippen molar-refractivity contribution < 1.29 is 39.5 Å². The van der Waals surface area contributed by atoms with Gasteiger partial charge in [0.1, 0.15) is 11.5 Å². The highest BCUT2D eigenvalue weighted by atomic mass is 16.7. The molecule has 3 rings (SSSR count). The summed E-state index contributed by atoms with van der Waals surface area (Å²) in [6.07, 6.45) is -0.0366. The molecule has 8 nitrogen and oxygen atoms in total. The molecule has 0 unspecified atom stereocenters. The molecular weight excluding hydrogens is 428 g/mol. The van der Waals surface area contributed by atoms with Gasteiger partial charge < -0.3 is 29.9 Å². The van der Waals surface area contributed by atoms with Crippen LogP contribution in [-0.2, 0) is 15.9 Å². The summed E-state index contributed by atoms with van der Waals surface area (Å²) in [5.74, 6) is -1.96. The Morgan fingerprint density at radius 3 is 2.45 bits per heavy atom. The van der Waals surface area contributed by atoms with Gasteiger partial charge in [-0.25, -0.2) is 0 Å². The molecule has 0 aliphatic carbocycles. The molecule has 2 aliphatic heterocycles. The van der Waals surface area contributed by atoms with E-state index in [1.54, 1.807) is 0 Å². The summed E-state index contributed by atoms with van der Waals surface area (Å²) in [4.78, 5) is 25.2. The van der Waals surface area contributed by atoms with Crippen LogP contribution in [0.15, 0.2) is 6.07 Å². The van der Waals surface area contributed by atoms with Crippen LogP contribution in [0, 0.1) is 11.8 Å². The number of Topliss-reactive ketones (excluding diaryl/α,β-unsaturated/α-hetero) is 1. The molecule has 1 spiro atoms. The van der Waals surface area contributed by atoms with Crippen molar-refractivity contribution in [1.29, 1.82) is 0 Å². The number of hydrogen-bond acceptors (Lipinski definition) is 8. The van der Waals surface area contributed by atoms with E-state index in [1.807, 2.05) is 27.7 Å². The van der Waals surface area contributed by atoms with Gasteiger partial charge in [-0.2, -0.15) is 0 Å². The van der Waals surface area contributed by atoms with Crippen molar-refractivity contribution in [3.8, 4) is 11.5 Å². The van der Waals surface area contributed by atoms with E-state index < -0.39 is 41.5 Å². The van der Waals surface area contributed by atoms with Gasteiger partial charge in [-0.15, -0.1) is 0 Å². The lowest BCUT2D eigenvalue weighted by atomic mass is 9.80. The largest absolute Gasteiger partial charge is 0.507 e. The number of aliphatic hydroxyl groups is 2. The summed E-state index contributed by atoms with van der Waals surface area (Å²) in [5.41, 5.74) is -1.13. The Labute approximate surface area is 194 Å². The first-order valence-electron chi connectivity index (χ1n) is 11.9. The number of hydrogen-bond donors (Lipinski definition) is 4. The summed E-state index contributed by atoms with van der Waals surface area (Å²) in [7, 11) is 0. The van der Waals surface area contributed by atoms with Crippen molar-refractivity contribution in [3.63, 3.8) is 0 Å². The van der Waals surface area contributed by atoms with Crippen molar-refractivity contribution in [1.82, 2.24) is 0 Å². The van der Waals surface area contributed by atoms with E-state index in [0.29, 0.717) is 37.5 Å². The van der Waals surface area contributed by atoms with Crippen LogP contribution >= 0.6 is 0 Å². The zero-order valence-corrected chi connectivity index (χ0v) is 19.8. The maximum absolute atomic E-state index is 13.6. The molecule has 33 heavy (non-hydrogen) atoms. The summed E-state index contributed by atoms with van der Waals surface area (Å²) in [6.45, 7) is 7.77. The Bertz CT molecular complexity index is 868. The third kappa shape index (κ3) is 4.67. The molecule has 2 heterocycles. The van der Waals surface area contributed by atoms with Crippen molar-refractivity contribution in [3.05, 3.63) is 22.8 Å². The number of phenolic OH excluding ortho intramolecular Hbond substituents is 2. The van der Waals surface area contributed by atoms with Crippen LogP contribution in [0.25, 0.3) is 0 Å². The molecule has 0 radical (unpaired) electrons. The predicted molar refractivity (Wildman–Crippen MR) is 120 cm³/mol. The molecule has 2 aliphatic rings. The van der Waals surface area contributed by atoms with Crippen LogP contribution in [0.1, 0.15) is 86.1 Å². The molecular formula is C25H36O8. The van der Waals surface area contributed by atoms with Crippen molar-refractivity contribution in [2.75, 3.05) is 0 Å². The third-order valence-corrected chi connectivity index (χ3v) is 6.79. The van der Waals surface area contributed by atoms with Gasteiger partial charge in [0.2, 0.25) is 0 Å². The van der Waals surface area contributed by atoms with Gasteiger partial charge in [0.25, 0.3) is 0 Å². The van der Waals surface area contributed by atoms with E-state index in [1.165, 1.54) is 6.07 Å². The molecule has 1 aromatic rings. The Morgan fingerprint density at radius 1 is 1.21 bits per heavy atom. The number of aromatic hydroxyl groups is 2. The van der Waals surface area contributed by atoms with E-state index in [2.05, 4.69) is 0 Å². The molecule has 4 N–H and O–H groups in total. The number of phenols is 2. The van der Waals surface area contributed by atoms with Gasteiger partial charge in [-0.05, 0) is 36.8 Å². The standard InChI is InChI=1S/C25H36O8/c1-5-7-15(18-11-19(27)25(24(31)32-18)20(33-25)8-6-2)22(29)16-10-14(9-13(3)4)21(28)17(12-26)23(16)30/h10,12-13,15,18-20,24,27-28,30-31H,5-9,11H2,1-4H3/t15-,18+,19-,20+,24-,25-/m1/s1. The van der Waals surface area contributed by atoms with Gasteiger partial charge in [-0.3, -0.25) is 9.59 Å². The summed E-state index contributed by atoms with van der Waals surface area (Å²) < 4.78 is 11.5. The first-order valence-corrected chi connectivity index (χ1v) is 11.9. The fourth-order valence-electron chi connectivity index (χ4n) is 5.06. The maximum atomic E-state index is 13.6. The fourth-order valence-corrected chi connectivity index (χ4v) is 5.06. The van der Waals surface area contributed by atoms with Gasteiger partial charge in [0, 0.05) is 12.3 Å². The Hall–Kier alpha value is -2.00. The second kappa shape index (κ2) is 10.1. The molecule has 0 aromatic heterocycles. The third-order valence-electron chi connectivity index (χ3n) is 6.79. The van der Waals surface area contributed by atoms with Gasteiger partial charge in [0.05, 0.1) is 29.4 Å². The molecule has 1 aromatic carbocycles. The number of aliphatic hydroxyl groups excluding tert-OH is 2. The summed E-state index contributed by atoms with van der Waals surface area (Å²) >= 11 is 0. The first-order chi connectivity index (χ1) is 15.6. The van der Waals surface area contributed by atoms with Gasteiger partial charge in [-0.1, -0.05) is 40.5 Å². The minimum atomic E-state index is -1.37. The van der Waals surface area contributed by atoms with E-state index in [4.69, 9.17) is 9.47 Å². The first kappa shape index (κ1) is 25.6. The maximum Gasteiger partial charge on any atom is 0.189 e. The average Bonchev–Trinajstić information content (AvgIpc) is 3.47. The second-order valence-corrected chi connectivity index (χ2v) is 9.70. The topological polar surface area (TPSA) is 137 Å². The number of carbonyl (C=O) groups excluding carboxylic acids is 2. The number of ketones is 1.